The lowest BCUT2D eigenvalue weighted by atomic mass is 10.1. The Balaban J connectivity index is 2.59. The van der Waals surface area contributed by atoms with Crippen LogP contribution in [-0.4, -0.2) is 15.2 Å². The number of benzene rings is 1. The molecule has 0 unspecified atom stereocenters. The average molecular weight is 302 g/mol. The van der Waals surface area contributed by atoms with Crippen molar-refractivity contribution in [3.63, 3.8) is 0 Å². The van der Waals surface area contributed by atoms with Gasteiger partial charge in [-0.25, -0.2) is 4.39 Å². The van der Waals surface area contributed by atoms with E-state index in [2.05, 4.69) is 26.1 Å². The lowest BCUT2D eigenvalue weighted by Crippen LogP contribution is -1.96. The molecule has 0 aliphatic rings. The van der Waals surface area contributed by atoms with Gasteiger partial charge in [0.25, 0.3) is 0 Å². The zero-order valence-corrected chi connectivity index (χ0v) is 10.5. The molecule has 0 fully saturated rings. The summed E-state index contributed by atoms with van der Waals surface area (Å²) in [7, 11) is 0. The highest BCUT2D eigenvalue weighted by Crippen LogP contribution is 2.35. The summed E-state index contributed by atoms with van der Waals surface area (Å²) in [5.41, 5.74) is 6.06. The molecule has 2 rings (SSSR count). The summed E-state index contributed by atoms with van der Waals surface area (Å²) in [6.07, 6.45) is 0. The highest BCUT2D eigenvalue weighted by Gasteiger charge is 2.19. The number of hydrogen-bond acceptors (Lipinski definition) is 5. The molecule has 0 aliphatic heterocycles. The Labute approximate surface area is 105 Å². The Hall–Kier alpha value is -1.47. The van der Waals surface area contributed by atoms with Crippen LogP contribution in [0.2, 0.25) is 0 Å². The molecule has 0 spiro atoms. The Bertz CT molecular complexity index is 571. The number of phenolic OH excluding ortho intramolecular Hbond substituents is 1. The maximum atomic E-state index is 13.8. The predicted molar refractivity (Wildman–Crippen MR) is 61.7 cm³/mol. The van der Waals surface area contributed by atoms with Crippen LogP contribution >= 0.6 is 15.9 Å². The standard InChI is InChI=1S/C10H9BrFN3O2/c1-4-2-5(8(12)9(16)7(4)11)10-14-6(3-13)17-15-10/h2,16H,3,13H2,1H3. The van der Waals surface area contributed by atoms with Crippen LogP contribution in [0.3, 0.4) is 0 Å². The maximum absolute atomic E-state index is 13.8. The van der Waals surface area contributed by atoms with Crippen LogP contribution in [0.25, 0.3) is 11.4 Å². The van der Waals surface area contributed by atoms with Crippen LogP contribution in [0.4, 0.5) is 4.39 Å². The number of aromatic nitrogens is 2. The number of hydrogen-bond donors (Lipinski definition) is 2. The van der Waals surface area contributed by atoms with Crippen LogP contribution in [-0.2, 0) is 6.54 Å². The Morgan fingerprint density at radius 2 is 2.29 bits per heavy atom. The van der Waals surface area contributed by atoms with E-state index in [4.69, 9.17) is 10.3 Å². The molecule has 1 heterocycles. The molecule has 0 atom stereocenters. The van der Waals surface area contributed by atoms with Crippen molar-refractivity contribution in [2.75, 3.05) is 0 Å². The normalized spacial score (nSPS) is 10.8. The van der Waals surface area contributed by atoms with Crippen LogP contribution in [0.15, 0.2) is 15.1 Å². The molecule has 3 N–H and O–H groups in total. The third kappa shape index (κ3) is 2.03. The van der Waals surface area contributed by atoms with Gasteiger partial charge in [0.1, 0.15) is 0 Å². The van der Waals surface area contributed by atoms with E-state index < -0.39 is 11.6 Å². The molecule has 7 heteroatoms. The summed E-state index contributed by atoms with van der Waals surface area (Å²) in [5, 5.41) is 13.2. The van der Waals surface area contributed by atoms with Gasteiger partial charge in [0.15, 0.2) is 11.6 Å². The van der Waals surface area contributed by atoms with E-state index >= 15 is 0 Å². The van der Waals surface area contributed by atoms with Gasteiger partial charge in [-0.3, -0.25) is 0 Å². The molecular formula is C10H9BrFN3O2. The van der Waals surface area contributed by atoms with Gasteiger partial charge in [-0.05, 0) is 34.5 Å². The van der Waals surface area contributed by atoms with E-state index in [1.54, 1.807) is 6.92 Å². The Kier molecular flexibility index (Phi) is 3.12. The molecule has 0 saturated carbocycles. The van der Waals surface area contributed by atoms with E-state index in [-0.39, 0.29) is 23.8 Å². The van der Waals surface area contributed by atoms with Crippen LogP contribution < -0.4 is 5.73 Å². The first-order chi connectivity index (χ1) is 8.04. The quantitative estimate of drug-likeness (QED) is 0.887. The van der Waals surface area contributed by atoms with E-state index in [0.717, 1.165) is 0 Å². The van der Waals surface area contributed by atoms with Crippen molar-refractivity contribution in [1.82, 2.24) is 10.1 Å². The predicted octanol–water partition coefficient (Wildman–Crippen LogP) is 2.11. The second kappa shape index (κ2) is 4.42. The largest absolute Gasteiger partial charge is 0.504 e. The number of aromatic hydroxyl groups is 1. The minimum absolute atomic E-state index is 0.0638. The van der Waals surface area contributed by atoms with E-state index in [9.17, 15) is 9.50 Å². The SMILES string of the molecule is Cc1cc(-c2noc(CN)n2)c(F)c(O)c1Br. The monoisotopic (exact) mass is 301 g/mol. The lowest BCUT2D eigenvalue weighted by Gasteiger charge is -2.06. The molecule has 1 aromatic carbocycles. The molecule has 90 valence electrons. The molecule has 0 bridgehead atoms. The molecule has 17 heavy (non-hydrogen) atoms. The topological polar surface area (TPSA) is 85.2 Å². The number of phenols is 1. The van der Waals surface area contributed by atoms with Gasteiger partial charge < -0.3 is 15.4 Å². The van der Waals surface area contributed by atoms with Gasteiger partial charge in [0, 0.05) is 0 Å². The van der Waals surface area contributed by atoms with E-state index in [1.807, 2.05) is 0 Å². The highest BCUT2D eigenvalue weighted by molar-refractivity contribution is 9.10. The zero-order valence-electron chi connectivity index (χ0n) is 8.87. The second-order valence-corrected chi connectivity index (χ2v) is 4.23. The molecule has 2 aromatic rings. The molecular weight excluding hydrogens is 293 g/mol. The van der Waals surface area contributed by atoms with E-state index in [0.29, 0.717) is 10.0 Å². The van der Waals surface area contributed by atoms with Gasteiger partial charge in [-0.1, -0.05) is 5.16 Å². The molecule has 0 amide bonds. The third-order valence-electron chi connectivity index (χ3n) is 2.24. The van der Waals surface area contributed by atoms with Gasteiger partial charge in [0.05, 0.1) is 16.6 Å². The lowest BCUT2D eigenvalue weighted by molar-refractivity contribution is 0.380. The number of rotatable bonds is 2. The van der Waals surface area contributed by atoms with Crippen molar-refractivity contribution >= 4 is 15.9 Å². The first-order valence-electron chi connectivity index (χ1n) is 4.75. The fourth-order valence-electron chi connectivity index (χ4n) is 1.36. The van der Waals surface area contributed by atoms with Crippen LogP contribution in [0, 0.1) is 12.7 Å². The fourth-order valence-corrected chi connectivity index (χ4v) is 1.65. The van der Waals surface area contributed by atoms with Crippen LogP contribution in [0.1, 0.15) is 11.5 Å². The highest BCUT2D eigenvalue weighted by atomic mass is 79.9. The van der Waals surface area contributed by atoms with Crippen molar-refractivity contribution in [2.45, 2.75) is 13.5 Å². The second-order valence-electron chi connectivity index (χ2n) is 3.43. The summed E-state index contributed by atoms with van der Waals surface area (Å²) in [6.45, 7) is 1.80. The third-order valence-corrected chi connectivity index (χ3v) is 3.24. The Morgan fingerprint density at radius 3 is 2.88 bits per heavy atom. The van der Waals surface area contributed by atoms with E-state index in [1.165, 1.54) is 6.07 Å². The minimum Gasteiger partial charge on any atom is -0.504 e. The van der Waals surface area contributed by atoms with Gasteiger partial charge >= 0.3 is 0 Å². The number of aryl methyl sites for hydroxylation is 1. The molecule has 5 nitrogen and oxygen atoms in total. The summed E-state index contributed by atoms with van der Waals surface area (Å²) in [6, 6.07) is 1.52. The smallest absolute Gasteiger partial charge is 0.240 e. The molecule has 1 aromatic heterocycles. The Morgan fingerprint density at radius 1 is 1.59 bits per heavy atom. The van der Waals surface area contributed by atoms with Gasteiger partial charge in [0.2, 0.25) is 11.7 Å². The molecule has 0 saturated heterocycles. The fraction of sp³-hybridized carbons (Fsp3) is 0.200. The number of nitrogens with two attached hydrogens (primary N) is 1. The van der Waals surface area contributed by atoms with Crippen LogP contribution in [0.5, 0.6) is 5.75 Å². The van der Waals surface area contributed by atoms with Crippen molar-refractivity contribution in [3.8, 4) is 17.1 Å². The zero-order chi connectivity index (χ0) is 12.6. The number of nitrogens with zero attached hydrogens (tertiary/aromatic N) is 2. The number of halogens is 2. The van der Waals surface area contributed by atoms with Crippen molar-refractivity contribution in [2.24, 2.45) is 5.73 Å². The van der Waals surface area contributed by atoms with Crippen molar-refractivity contribution in [1.29, 1.82) is 0 Å². The summed E-state index contributed by atoms with van der Waals surface area (Å²) < 4.78 is 18.9. The summed E-state index contributed by atoms with van der Waals surface area (Å²) in [4.78, 5) is 3.90. The maximum Gasteiger partial charge on any atom is 0.240 e. The van der Waals surface area contributed by atoms with Gasteiger partial charge in [-0.2, -0.15) is 4.98 Å². The average Bonchev–Trinajstić information content (AvgIpc) is 2.79. The van der Waals surface area contributed by atoms with Crippen molar-refractivity contribution in [3.05, 3.63) is 27.8 Å². The summed E-state index contributed by atoms with van der Waals surface area (Å²) in [5.74, 6) is -1.00. The minimum atomic E-state index is -0.799. The molecule has 0 aliphatic carbocycles. The molecule has 0 radical (unpaired) electrons. The first-order valence-corrected chi connectivity index (χ1v) is 5.54. The first kappa shape index (κ1) is 12.0. The van der Waals surface area contributed by atoms with Gasteiger partial charge in [-0.15, -0.1) is 0 Å². The summed E-state index contributed by atoms with van der Waals surface area (Å²) >= 11 is 3.08. The van der Waals surface area contributed by atoms with Crippen molar-refractivity contribution < 1.29 is 14.0 Å².